The quantitative estimate of drug-likeness (QED) is 0.661. The molecule has 0 spiro atoms. The number of hydrogen-bond acceptors (Lipinski definition) is 2. The highest BCUT2D eigenvalue weighted by Gasteiger charge is 2.56. The first-order chi connectivity index (χ1) is 6.15. The minimum Gasteiger partial charge on any atom is -0.337 e. The fourth-order valence-corrected chi connectivity index (χ4v) is 2.32. The maximum atomic E-state index is 12.0. The molecule has 0 radical (unpaired) electrons. The molecule has 1 amide bonds. The van der Waals surface area contributed by atoms with Gasteiger partial charge in [-0.3, -0.25) is 4.79 Å². The van der Waals surface area contributed by atoms with Gasteiger partial charge in [0.05, 0.1) is 0 Å². The van der Waals surface area contributed by atoms with Gasteiger partial charge in [0, 0.05) is 13.1 Å². The van der Waals surface area contributed by atoms with Gasteiger partial charge in [0.25, 0.3) is 5.91 Å². The van der Waals surface area contributed by atoms with Gasteiger partial charge < -0.3 is 10.6 Å². The Bertz CT molecular complexity index is 222. The molecule has 74 valence electrons. The number of carbonyl (C=O) groups excluding carboxylic acids is 1. The molecule has 1 saturated heterocycles. The number of nitrogens with zero attached hydrogens (tertiary/aromatic N) is 1. The molecule has 1 unspecified atom stereocenters. The third kappa shape index (κ3) is 1.31. The number of alkyl halides is 2. The van der Waals surface area contributed by atoms with Gasteiger partial charge in [0.1, 0.15) is 0 Å². The lowest BCUT2D eigenvalue weighted by molar-refractivity contribution is -0.142. The number of likely N-dealkylation sites (tertiary alicyclic amines) is 1. The molecule has 5 heteroatoms. The highest BCUT2D eigenvalue weighted by Crippen LogP contribution is 2.50. The van der Waals surface area contributed by atoms with Crippen molar-refractivity contribution in [1.82, 2.24) is 4.90 Å². The highest BCUT2D eigenvalue weighted by atomic mass is 19.3. The van der Waals surface area contributed by atoms with E-state index >= 15 is 0 Å². The number of hydrogen-bond donors (Lipinski definition) is 1. The summed E-state index contributed by atoms with van der Waals surface area (Å²) in [4.78, 5) is 12.1. The Labute approximate surface area is 74.9 Å². The maximum absolute atomic E-state index is 12.0. The normalized spacial score (nSPS) is 36.6. The molecule has 13 heavy (non-hydrogen) atoms. The first-order valence-electron chi connectivity index (χ1n) is 4.42. The molecule has 0 bridgehead atoms. The van der Waals surface area contributed by atoms with Crippen LogP contribution in [0.4, 0.5) is 8.78 Å². The van der Waals surface area contributed by atoms with Gasteiger partial charge in [-0.25, -0.2) is 0 Å². The van der Waals surface area contributed by atoms with Gasteiger partial charge in [0.2, 0.25) is 0 Å². The maximum Gasteiger partial charge on any atom is 0.315 e. The zero-order chi connectivity index (χ0) is 9.59. The van der Waals surface area contributed by atoms with E-state index in [1.165, 1.54) is 4.90 Å². The number of amides is 1. The largest absolute Gasteiger partial charge is 0.337 e. The second-order valence-corrected chi connectivity index (χ2v) is 3.77. The van der Waals surface area contributed by atoms with Crippen LogP contribution in [0, 0.1) is 17.8 Å². The van der Waals surface area contributed by atoms with E-state index in [0.717, 1.165) is 0 Å². The number of nitrogens with two attached hydrogens (primary N) is 1. The average molecular weight is 190 g/mol. The lowest BCUT2D eigenvalue weighted by Gasteiger charge is -2.18. The van der Waals surface area contributed by atoms with E-state index in [1.807, 2.05) is 0 Å². The summed E-state index contributed by atoms with van der Waals surface area (Å²) in [7, 11) is 0. The molecule has 3 nitrogen and oxygen atoms in total. The summed E-state index contributed by atoms with van der Waals surface area (Å²) in [5.74, 6) is 0.241. The van der Waals surface area contributed by atoms with Gasteiger partial charge in [-0.05, 0) is 24.3 Å². The zero-order valence-electron chi connectivity index (χ0n) is 7.12. The number of fused-ring (bicyclic) bond motifs is 1. The van der Waals surface area contributed by atoms with Crippen molar-refractivity contribution in [3.8, 4) is 0 Å². The smallest absolute Gasteiger partial charge is 0.315 e. The molecule has 2 fully saturated rings. The van der Waals surface area contributed by atoms with Crippen molar-refractivity contribution in [1.29, 1.82) is 0 Å². The topological polar surface area (TPSA) is 46.3 Å². The number of rotatable bonds is 2. The molecule has 2 N–H and O–H groups in total. The average Bonchev–Trinajstić information content (AvgIpc) is 2.56. The van der Waals surface area contributed by atoms with Crippen LogP contribution in [0.3, 0.4) is 0 Å². The summed E-state index contributed by atoms with van der Waals surface area (Å²) in [5.41, 5.74) is 5.45. The van der Waals surface area contributed by atoms with E-state index in [-0.39, 0.29) is 0 Å². The van der Waals surface area contributed by atoms with Gasteiger partial charge in [-0.2, -0.15) is 8.78 Å². The van der Waals surface area contributed by atoms with Crippen molar-refractivity contribution >= 4 is 5.91 Å². The predicted molar refractivity (Wildman–Crippen MR) is 42.1 cm³/mol. The summed E-state index contributed by atoms with van der Waals surface area (Å²) in [6, 6.07) is 0. The lowest BCUT2D eigenvalue weighted by atomic mass is 10.2. The van der Waals surface area contributed by atoms with Crippen LogP contribution in [0.15, 0.2) is 0 Å². The molecule has 0 aromatic carbocycles. The van der Waals surface area contributed by atoms with Gasteiger partial charge in [-0.1, -0.05) is 0 Å². The second-order valence-electron chi connectivity index (χ2n) is 3.77. The molecule has 1 aliphatic heterocycles. The third-order valence-electron chi connectivity index (χ3n) is 3.14. The van der Waals surface area contributed by atoms with Crippen molar-refractivity contribution in [2.24, 2.45) is 23.5 Å². The molecular formula is C8H12F2N2O. The molecule has 1 aliphatic carbocycles. The molecule has 0 aromatic rings. The Hall–Kier alpha value is -0.710. The second kappa shape index (κ2) is 2.90. The summed E-state index contributed by atoms with van der Waals surface area (Å²) in [6.07, 6.45) is -2.85. The molecule has 2 rings (SSSR count). The van der Waals surface area contributed by atoms with Crippen LogP contribution >= 0.6 is 0 Å². The van der Waals surface area contributed by atoms with Gasteiger partial charge in [-0.15, -0.1) is 0 Å². The summed E-state index contributed by atoms with van der Waals surface area (Å²) in [5, 5.41) is 0. The Morgan fingerprint density at radius 3 is 2.38 bits per heavy atom. The van der Waals surface area contributed by atoms with E-state index in [0.29, 0.717) is 37.4 Å². The minimum absolute atomic E-state index is 0.396. The first-order valence-corrected chi connectivity index (χ1v) is 4.42. The summed E-state index contributed by atoms with van der Waals surface area (Å²) < 4.78 is 24.0. The highest BCUT2D eigenvalue weighted by molar-refractivity contribution is 5.79. The molecule has 0 aromatic heterocycles. The van der Waals surface area contributed by atoms with Gasteiger partial charge in [0.15, 0.2) is 0 Å². The molecule has 2 aliphatic rings. The van der Waals surface area contributed by atoms with Crippen molar-refractivity contribution in [3.63, 3.8) is 0 Å². The molecule has 1 heterocycles. The van der Waals surface area contributed by atoms with Crippen LogP contribution in [0.1, 0.15) is 0 Å². The van der Waals surface area contributed by atoms with E-state index in [9.17, 15) is 13.6 Å². The lowest BCUT2D eigenvalue weighted by Crippen LogP contribution is -2.36. The third-order valence-corrected chi connectivity index (χ3v) is 3.14. The van der Waals surface area contributed by atoms with Crippen molar-refractivity contribution in [2.45, 2.75) is 6.43 Å². The van der Waals surface area contributed by atoms with Crippen LogP contribution in [-0.2, 0) is 4.79 Å². The Morgan fingerprint density at radius 2 is 2.00 bits per heavy atom. The minimum atomic E-state index is -2.85. The monoisotopic (exact) mass is 190 g/mol. The van der Waals surface area contributed by atoms with E-state index in [4.69, 9.17) is 5.73 Å². The fraction of sp³-hybridized carbons (Fsp3) is 0.875. The molecule has 3 atom stereocenters. The molecular weight excluding hydrogens is 178 g/mol. The van der Waals surface area contributed by atoms with Crippen LogP contribution in [0.2, 0.25) is 0 Å². The Kier molecular flexibility index (Phi) is 1.98. The Morgan fingerprint density at radius 1 is 1.46 bits per heavy atom. The van der Waals surface area contributed by atoms with Crippen molar-refractivity contribution in [2.75, 3.05) is 19.6 Å². The van der Waals surface area contributed by atoms with Crippen LogP contribution in [-0.4, -0.2) is 36.9 Å². The summed E-state index contributed by atoms with van der Waals surface area (Å²) >= 11 is 0. The SMILES string of the molecule is NCC1[C@H]2CN(C(=O)C(F)F)C[C@@H]12. The predicted octanol–water partition coefficient (Wildman–Crippen LogP) is -0.0854. The van der Waals surface area contributed by atoms with E-state index in [1.54, 1.807) is 0 Å². The number of piperidine rings is 1. The van der Waals surface area contributed by atoms with Crippen LogP contribution in [0.25, 0.3) is 0 Å². The number of halogens is 2. The first kappa shape index (κ1) is 8.87. The summed E-state index contributed by atoms with van der Waals surface area (Å²) in [6.45, 7) is 1.58. The van der Waals surface area contributed by atoms with Crippen LogP contribution in [0.5, 0.6) is 0 Å². The van der Waals surface area contributed by atoms with E-state index in [2.05, 4.69) is 0 Å². The van der Waals surface area contributed by atoms with Crippen molar-refractivity contribution in [3.05, 3.63) is 0 Å². The Balaban J connectivity index is 1.87. The standard InChI is InChI=1S/C8H12F2N2O/c9-7(10)8(13)12-2-5-4(1-11)6(5)3-12/h4-7H,1-3,11H2/t4?,5-,6+. The molecule has 1 saturated carbocycles. The fourth-order valence-electron chi connectivity index (χ4n) is 2.32. The number of carbonyl (C=O) groups is 1. The van der Waals surface area contributed by atoms with Crippen molar-refractivity contribution < 1.29 is 13.6 Å². The van der Waals surface area contributed by atoms with E-state index < -0.39 is 12.3 Å². The van der Waals surface area contributed by atoms with Crippen LogP contribution < -0.4 is 5.73 Å². The zero-order valence-corrected chi connectivity index (χ0v) is 7.12. The van der Waals surface area contributed by atoms with Gasteiger partial charge >= 0.3 is 6.43 Å².